The van der Waals surface area contributed by atoms with E-state index in [0.717, 1.165) is 5.56 Å². The van der Waals surface area contributed by atoms with E-state index in [1.165, 1.54) is 7.11 Å². The Morgan fingerprint density at radius 2 is 1.90 bits per heavy atom. The molecule has 2 heterocycles. The SMILES string of the molecule is COc1cc(-c2ccc3ncc(NC(=S)Nc4ccccc4Cl)nc3n2)ccc1O. The van der Waals surface area contributed by atoms with E-state index in [1.807, 2.05) is 30.3 Å². The summed E-state index contributed by atoms with van der Waals surface area (Å²) in [6.45, 7) is 0. The van der Waals surface area contributed by atoms with Crippen LogP contribution in [-0.4, -0.2) is 32.3 Å². The number of anilines is 2. The predicted octanol–water partition coefficient (Wildman–Crippen LogP) is 4.87. The zero-order valence-corrected chi connectivity index (χ0v) is 17.3. The lowest BCUT2D eigenvalue weighted by Gasteiger charge is -2.11. The summed E-state index contributed by atoms with van der Waals surface area (Å²) in [6.07, 6.45) is 1.58. The van der Waals surface area contributed by atoms with Crippen LogP contribution < -0.4 is 15.4 Å². The third-order valence-corrected chi connectivity index (χ3v) is 4.78. The summed E-state index contributed by atoms with van der Waals surface area (Å²) in [5, 5.41) is 16.7. The van der Waals surface area contributed by atoms with Crippen LogP contribution in [0.4, 0.5) is 11.5 Å². The van der Waals surface area contributed by atoms with Crippen molar-refractivity contribution in [3.63, 3.8) is 0 Å². The third kappa shape index (κ3) is 4.24. The lowest BCUT2D eigenvalue weighted by Crippen LogP contribution is -2.20. The van der Waals surface area contributed by atoms with Gasteiger partial charge in [0, 0.05) is 5.56 Å². The third-order valence-electron chi connectivity index (χ3n) is 4.25. The monoisotopic (exact) mass is 437 g/mol. The molecule has 0 aliphatic rings. The van der Waals surface area contributed by atoms with Crippen molar-refractivity contribution in [3.05, 3.63) is 65.8 Å². The summed E-state index contributed by atoms with van der Waals surface area (Å²) >= 11 is 11.5. The molecule has 0 fully saturated rings. The second-order valence-corrected chi connectivity index (χ2v) is 7.06. The Morgan fingerprint density at radius 1 is 1.07 bits per heavy atom. The Balaban J connectivity index is 1.59. The van der Waals surface area contributed by atoms with Gasteiger partial charge in [0.15, 0.2) is 28.1 Å². The van der Waals surface area contributed by atoms with Gasteiger partial charge in [-0.2, -0.15) is 0 Å². The molecule has 2 aromatic carbocycles. The van der Waals surface area contributed by atoms with Gasteiger partial charge in [0.2, 0.25) is 0 Å². The summed E-state index contributed by atoms with van der Waals surface area (Å²) in [5.41, 5.74) is 3.23. The van der Waals surface area contributed by atoms with Gasteiger partial charge in [-0.05, 0) is 54.7 Å². The fourth-order valence-corrected chi connectivity index (χ4v) is 3.19. The van der Waals surface area contributed by atoms with Gasteiger partial charge in [-0.25, -0.2) is 15.0 Å². The molecule has 0 aliphatic heterocycles. The number of pyridine rings is 1. The number of nitrogens with one attached hydrogen (secondary N) is 2. The normalized spacial score (nSPS) is 10.6. The van der Waals surface area contributed by atoms with Crippen LogP contribution in [0, 0.1) is 0 Å². The molecule has 0 aliphatic carbocycles. The quantitative estimate of drug-likeness (QED) is 0.389. The van der Waals surface area contributed by atoms with Gasteiger partial charge in [-0.1, -0.05) is 23.7 Å². The van der Waals surface area contributed by atoms with E-state index >= 15 is 0 Å². The van der Waals surface area contributed by atoms with Crippen LogP contribution in [0.2, 0.25) is 5.02 Å². The minimum Gasteiger partial charge on any atom is -0.504 e. The number of phenolic OH excluding ortho intramolecular Hbond substituents is 1. The minimum absolute atomic E-state index is 0.0628. The minimum atomic E-state index is 0.0628. The van der Waals surface area contributed by atoms with E-state index in [9.17, 15) is 5.11 Å². The standard InChI is InChI=1S/C21H16ClN5O2S/c1-29-18-10-12(6-9-17(18)28)14-7-8-16-20(24-14)26-19(11-23-16)27-21(30)25-15-5-3-2-4-13(15)22/h2-11,28H,1H3,(H2,24,25,26,27,30). The Labute approximate surface area is 182 Å². The number of para-hydroxylation sites is 1. The number of benzene rings is 2. The van der Waals surface area contributed by atoms with Gasteiger partial charge in [0.1, 0.15) is 5.52 Å². The molecule has 0 atom stereocenters. The molecule has 0 unspecified atom stereocenters. The van der Waals surface area contributed by atoms with Gasteiger partial charge in [-0.15, -0.1) is 0 Å². The van der Waals surface area contributed by atoms with E-state index < -0.39 is 0 Å². The Morgan fingerprint density at radius 3 is 2.70 bits per heavy atom. The average Bonchev–Trinajstić information content (AvgIpc) is 2.75. The summed E-state index contributed by atoms with van der Waals surface area (Å²) in [7, 11) is 1.50. The number of hydrogen-bond acceptors (Lipinski definition) is 6. The lowest BCUT2D eigenvalue weighted by atomic mass is 10.1. The number of methoxy groups -OCH3 is 1. The molecule has 4 aromatic rings. The molecular formula is C21H16ClN5O2S. The second-order valence-electron chi connectivity index (χ2n) is 6.24. The maximum absolute atomic E-state index is 9.79. The summed E-state index contributed by atoms with van der Waals surface area (Å²) < 4.78 is 5.17. The first-order valence-electron chi connectivity index (χ1n) is 8.87. The molecule has 0 saturated heterocycles. The first-order chi connectivity index (χ1) is 14.5. The number of thiocarbonyl (C=S) groups is 1. The van der Waals surface area contributed by atoms with Crippen LogP contribution in [0.3, 0.4) is 0 Å². The molecule has 3 N–H and O–H groups in total. The second kappa shape index (κ2) is 8.48. The van der Waals surface area contributed by atoms with Gasteiger partial charge in [0.05, 0.1) is 29.7 Å². The van der Waals surface area contributed by atoms with Crippen molar-refractivity contribution in [1.29, 1.82) is 0 Å². The number of ether oxygens (including phenoxy) is 1. The molecule has 0 spiro atoms. The van der Waals surface area contributed by atoms with Gasteiger partial charge in [0.25, 0.3) is 0 Å². The highest BCUT2D eigenvalue weighted by Gasteiger charge is 2.09. The van der Waals surface area contributed by atoms with Crippen molar-refractivity contribution in [2.75, 3.05) is 17.7 Å². The van der Waals surface area contributed by atoms with Gasteiger partial charge < -0.3 is 20.5 Å². The summed E-state index contributed by atoms with van der Waals surface area (Å²) in [6, 6.07) is 16.0. The van der Waals surface area contributed by atoms with E-state index in [-0.39, 0.29) is 5.75 Å². The van der Waals surface area contributed by atoms with Crippen molar-refractivity contribution in [2.24, 2.45) is 0 Å². The zero-order valence-electron chi connectivity index (χ0n) is 15.8. The lowest BCUT2D eigenvalue weighted by molar-refractivity contribution is 0.373. The highest BCUT2D eigenvalue weighted by molar-refractivity contribution is 7.80. The number of hydrogen-bond donors (Lipinski definition) is 3. The van der Waals surface area contributed by atoms with E-state index in [4.69, 9.17) is 28.6 Å². The van der Waals surface area contributed by atoms with E-state index in [2.05, 4.69) is 25.6 Å². The van der Waals surface area contributed by atoms with Crippen LogP contribution in [0.25, 0.3) is 22.4 Å². The van der Waals surface area contributed by atoms with E-state index in [1.54, 1.807) is 30.5 Å². The van der Waals surface area contributed by atoms with Gasteiger partial charge in [-0.3, -0.25) is 0 Å². The Hall–Kier alpha value is -3.49. The fourth-order valence-electron chi connectivity index (χ4n) is 2.79. The molecule has 0 amide bonds. The topological polar surface area (TPSA) is 92.2 Å². The average molecular weight is 438 g/mol. The van der Waals surface area contributed by atoms with Crippen LogP contribution >= 0.6 is 23.8 Å². The first kappa shape index (κ1) is 19.8. The molecule has 30 heavy (non-hydrogen) atoms. The summed E-state index contributed by atoms with van der Waals surface area (Å²) in [5.74, 6) is 0.875. The van der Waals surface area contributed by atoms with E-state index in [0.29, 0.717) is 44.2 Å². The maximum Gasteiger partial charge on any atom is 0.180 e. The zero-order chi connectivity index (χ0) is 21.1. The molecular weight excluding hydrogens is 422 g/mol. The number of aromatic hydroxyl groups is 1. The smallest absolute Gasteiger partial charge is 0.180 e. The highest BCUT2D eigenvalue weighted by atomic mass is 35.5. The molecule has 0 radical (unpaired) electrons. The number of halogens is 1. The van der Waals surface area contributed by atoms with Crippen LogP contribution in [0.1, 0.15) is 0 Å². The number of rotatable bonds is 4. The Kier molecular flexibility index (Phi) is 5.60. The molecule has 7 nitrogen and oxygen atoms in total. The van der Waals surface area contributed by atoms with Crippen LogP contribution in [0.15, 0.2) is 60.8 Å². The number of fused-ring (bicyclic) bond motifs is 1. The first-order valence-corrected chi connectivity index (χ1v) is 9.66. The van der Waals surface area contributed by atoms with Crippen LogP contribution in [-0.2, 0) is 0 Å². The van der Waals surface area contributed by atoms with Crippen molar-refractivity contribution >= 4 is 51.6 Å². The van der Waals surface area contributed by atoms with Crippen molar-refractivity contribution < 1.29 is 9.84 Å². The van der Waals surface area contributed by atoms with Crippen molar-refractivity contribution in [2.45, 2.75) is 0 Å². The number of aromatic nitrogens is 3. The molecule has 9 heteroatoms. The Bertz CT molecular complexity index is 1250. The molecule has 4 rings (SSSR count). The molecule has 2 aromatic heterocycles. The van der Waals surface area contributed by atoms with Gasteiger partial charge >= 0.3 is 0 Å². The largest absolute Gasteiger partial charge is 0.504 e. The number of nitrogens with zero attached hydrogens (tertiary/aromatic N) is 3. The summed E-state index contributed by atoms with van der Waals surface area (Å²) in [4.78, 5) is 13.5. The molecule has 0 bridgehead atoms. The fraction of sp³-hybridized carbons (Fsp3) is 0.0476. The number of phenols is 1. The predicted molar refractivity (Wildman–Crippen MR) is 122 cm³/mol. The molecule has 0 saturated carbocycles. The highest BCUT2D eigenvalue weighted by Crippen LogP contribution is 2.31. The maximum atomic E-state index is 9.79. The van der Waals surface area contributed by atoms with Crippen molar-refractivity contribution in [3.8, 4) is 22.8 Å². The molecule has 150 valence electrons. The van der Waals surface area contributed by atoms with Crippen LogP contribution in [0.5, 0.6) is 11.5 Å². The van der Waals surface area contributed by atoms with Crippen molar-refractivity contribution in [1.82, 2.24) is 15.0 Å².